The van der Waals surface area contributed by atoms with Gasteiger partial charge in [0, 0.05) is 16.8 Å². The molecule has 112 valence electrons. The molecule has 1 heterocycles. The van der Waals surface area contributed by atoms with Crippen molar-refractivity contribution in [2.45, 2.75) is 39.2 Å². The highest BCUT2D eigenvalue weighted by atomic mass is 35.5. The predicted octanol–water partition coefficient (Wildman–Crippen LogP) is 4.09. The third-order valence-corrected chi connectivity index (χ3v) is 4.50. The van der Waals surface area contributed by atoms with Gasteiger partial charge in [-0.05, 0) is 63.4 Å². The van der Waals surface area contributed by atoms with E-state index in [0.717, 1.165) is 36.1 Å². The lowest BCUT2D eigenvalue weighted by molar-refractivity contribution is 0.679. The lowest BCUT2D eigenvalue weighted by atomic mass is 10.1. The monoisotopic (exact) mass is 323 g/mol. The predicted molar refractivity (Wildman–Crippen MR) is 87.8 cm³/mol. The maximum absolute atomic E-state index is 6.29. The third-order valence-electron chi connectivity index (χ3n) is 3.96. The number of rotatable bonds is 5. The molecule has 0 spiro atoms. The maximum atomic E-state index is 6.29. The Kier molecular flexibility index (Phi) is 4.25. The molecule has 1 aromatic heterocycles. The van der Waals surface area contributed by atoms with E-state index in [4.69, 9.17) is 23.2 Å². The first-order chi connectivity index (χ1) is 10.1. The van der Waals surface area contributed by atoms with Gasteiger partial charge in [-0.2, -0.15) is 5.10 Å². The first kappa shape index (κ1) is 14.9. The van der Waals surface area contributed by atoms with Gasteiger partial charge in [0.05, 0.1) is 16.4 Å². The van der Waals surface area contributed by atoms with Crippen LogP contribution in [0, 0.1) is 13.8 Å². The van der Waals surface area contributed by atoms with E-state index in [0.29, 0.717) is 10.0 Å². The minimum absolute atomic E-state index is 0.621. The standard InChI is InChI=1S/C16H19Cl2N3/c1-10-14(7-8-19-13-4-5-13)11(2)21(20-10)16-6-3-12(17)9-15(16)18/h3,6,9,13,19H,4-5,7-8H2,1-2H3. The van der Waals surface area contributed by atoms with E-state index >= 15 is 0 Å². The molecule has 21 heavy (non-hydrogen) atoms. The van der Waals surface area contributed by atoms with Crippen LogP contribution in [0.1, 0.15) is 29.8 Å². The Morgan fingerprint density at radius 3 is 2.71 bits per heavy atom. The molecule has 0 radical (unpaired) electrons. The number of benzene rings is 1. The van der Waals surface area contributed by atoms with E-state index in [9.17, 15) is 0 Å². The van der Waals surface area contributed by atoms with Crippen molar-refractivity contribution in [3.05, 3.63) is 45.2 Å². The number of hydrogen-bond acceptors (Lipinski definition) is 2. The lowest BCUT2D eigenvalue weighted by Gasteiger charge is -2.08. The van der Waals surface area contributed by atoms with Crippen molar-refractivity contribution >= 4 is 23.2 Å². The van der Waals surface area contributed by atoms with E-state index in [2.05, 4.69) is 24.3 Å². The van der Waals surface area contributed by atoms with Crippen LogP contribution < -0.4 is 5.32 Å². The number of aromatic nitrogens is 2. The molecular formula is C16H19Cl2N3. The van der Waals surface area contributed by atoms with Gasteiger partial charge < -0.3 is 5.32 Å². The van der Waals surface area contributed by atoms with Crippen LogP contribution in [-0.2, 0) is 6.42 Å². The molecule has 0 unspecified atom stereocenters. The van der Waals surface area contributed by atoms with Gasteiger partial charge in [0.15, 0.2) is 0 Å². The van der Waals surface area contributed by atoms with Crippen molar-refractivity contribution in [2.24, 2.45) is 0 Å². The van der Waals surface area contributed by atoms with Crippen molar-refractivity contribution in [2.75, 3.05) is 6.54 Å². The summed E-state index contributed by atoms with van der Waals surface area (Å²) in [5, 5.41) is 9.45. The minimum Gasteiger partial charge on any atom is -0.314 e. The Hall–Kier alpha value is -1.03. The molecule has 1 aromatic carbocycles. The van der Waals surface area contributed by atoms with E-state index in [-0.39, 0.29) is 0 Å². The van der Waals surface area contributed by atoms with Gasteiger partial charge in [-0.3, -0.25) is 0 Å². The second kappa shape index (κ2) is 5.99. The molecule has 0 amide bonds. The molecule has 1 N–H and O–H groups in total. The van der Waals surface area contributed by atoms with Gasteiger partial charge in [-0.25, -0.2) is 4.68 Å². The van der Waals surface area contributed by atoms with Gasteiger partial charge in [-0.15, -0.1) is 0 Å². The summed E-state index contributed by atoms with van der Waals surface area (Å²) in [6, 6.07) is 6.25. The summed E-state index contributed by atoms with van der Waals surface area (Å²) >= 11 is 12.3. The molecule has 0 aliphatic heterocycles. The fourth-order valence-electron chi connectivity index (χ4n) is 2.61. The molecule has 3 rings (SSSR count). The zero-order chi connectivity index (χ0) is 15.0. The van der Waals surface area contributed by atoms with Crippen molar-refractivity contribution in [1.82, 2.24) is 15.1 Å². The molecule has 1 aliphatic carbocycles. The van der Waals surface area contributed by atoms with Crippen LogP contribution in [0.3, 0.4) is 0 Å². The molecule has 0 bridgehead atoms. The Morgan fingerprint density at radius 2 is 2.05 bits per heavy atom. The average molecular weight is 324 g/mol. The van der Waals surface area contributed by atoms with Crippen LogP contribution in [0.15, 0.2) is 18.2 Å². The van der Waals surface area contributed by atoms with Crippen molar-refractivity contribution in [3.8, 4) is 5.69 Å². The number of halogens is 2. The van der Waals surface area contributed by atoms with Crippen LogP contribution >= 0.6 is 23.2 Å². The normalized spacial score (nSPS) is 14.7. The number of nitrogens with one attached hydrogen (secondary N) is 1. The molecule has 2 aromatic rings. The molecule has 0 saturated heterocycles. The summed E-state index contributed by atoms with van der Waals surface area (Å²) in [7, 11) is 0. The molecular weight excluding hydrogens is 305 g/mol. The van der Waals surface area contributed by atoms with Gasteiger partial charge in [0.1, 0.15) is 0 Å². The summed E-state index contributed by atoms with van der Waals surface area (Å²) in [6.07, 6.45) is 3.63. The zero-order valence-electron chi connectivity index (χ0n) is 12.3. The second-order valence-electron chi connectivity index (χ2n) is 5.64. The van der Waals surface area contributed by atoms with Crippen LogP contribution in [0.2, 0.25) is 10.0 Å². The van der Waals surface area contributed by atoms with Gasteiger partial charge >= 0.3 is 0 Å². The number of aryl methyl sites for hydroxylation is 1. The smallest absolute Gasteiger partial charge is 0.0836 e. The minimum atomic E-state index is 0.621. The highest BCUT2D eigenvalue weighted by molar-refractivity contribution is 6.35. The first-order valence-corrected chi connectivity index (χ1v) is 8.06. The van der Waals surface area contributed by atoms with Crippen molar-refractivity contribution in [1.29, 1.82) is 0 Å². The SMILES string of the molecule is Cc1nn(-c2ccc(Cl)cc2Cl)c(C)c1CCNC1CC1. The van der Waals surface area contributed by atoms with E-state index in [1.807, 2.05) is 16.8 Å². The summed E-state index contributed by atoms with van der Waals surface area (Å²) in [6.45, 7) is 5.16. The zero-order valence-corrected chi connectivity index (χ0v) is 13.8. The van der Waals surface area contributed by atoms with Crippen molar-refractivity contribution in [3.63, 3.8) is 0 Å². The van der Waals surface area contributed by atoms with E-state index in [1.165, 1.54) is 18.4 Å². The Labute approximate surface area is 135 Å². The van der Waals surface area contributed by atoms with Crippen LogP contribution in [0.25, 0.3) is 5.69 Å². The third kappa shape index (κ3) is 3.25. The Balaban J connectivity index is 1.85. The fraction of sp³-hybridized carbons (Fsp3) is 0.438. The average Bonchev–Trinajstić information content (AvgIpc) is 3.20. The molecule has 5 heteroatoms. The van der Waals surface area contributed by atoms with E-state index < -0.39 is 0 Å². The lowest BCUT2D eigenvalue weighted by Crippen LogP contribution is -2.19. The number of nitrogens with zero attached hydrogens (tertiary/aromatic N) is 2. The van der Waals surface area contributed by atoms with Gasteiger partial charge in [-0.1, -0.05) is 23.2 Å². The summed E-state index contributed by atoms with van der Waals surface area (Å²) in [4.78, 5) is 0. The molecule has 1 aliphatic rings. The molecule has 3 nitrogen and oxygen atoms in total. The number of hydrogen-bond donors (Lipinski definition) is 1. The van der Waals surface area contributed by atoms with E-state index in [1.54, 1.807) is 6.07 Å². The van der Waals surface area contributed by atoms with Crippen molar-refractivity contribution < 1.29 is 0 Å². The largest absolute Gasteiger partial charge is 0.314 e. The van der Waals surface area contributed by atoms with Crippen LogP contribution in [0.4, 0.5) is 0 Å². The van der Waals surface area contributed by atoms with Crippen LogP contribution in [-0.4, -0.2) is 22.4 Å². The second-order valence-corrected chi connectivity index (χ2v) is 6.48. The topological polar surface area (TPSA) is 29.9 Å². The Bertz CT molecular complexity index is 660. The first-order valence-electron chi connectivity index (χ1n) is 7.30. The van der Waals surface area contributed by atoms with Crippen LogP contribution in [0.5, 0.6) is 0 Å². The van der Waals surface area contributed by atoms with Gasteiger partial charge in [0.2, 0.25) is 0 Å². The molecule has 1 saturated carbocycles. The quantitative estimate of drug-likeness (QED) is 0.898. The Morgan fingerprint density at radius 1 is 1.29 bits per heavy atom. The summed E-state index contributed by atoms with van der Waals surface area (Å²) in [5.74, 6) is 0. The van der Waals surface area contributed by atoms with Gasteiger partial charge in [0.25, 0.3) is 0 Å². The molecule has 1 fully saturated rings. The maximum Gasteiger partial charge on any atom is 0.0836 e. The summed E-state index contributed by atoms with van der Waals surface area (Å²) in [5.41, 5.74) is 4.39. The highest BCUT2D eigenvalue weighted by Gasteiger charge is 2.20. The highest BCUT2D eigenvalue weighted by Crippen LogP contribution is 2.27. The summed E-state index contributed by atoms with van der Waals surface area (Å²) < 4.78 is 1.92. The molecule has 0 atom stereocenters. The fourth-order valence-corrected chi connectivity index (χ4v) is 3.10.